The molecule has 9 atom stereocenters. The molecule has 1 aromatic carbocycles. The van der Waals surface area contributed by atoms with Gasteiger partial charge in [-0.05, 0) is 118 Å². The molecule has 5 fully saturated rings. The average Bonchev–Trinajstić information content (AvgIpc) is 4.06. The molecule has 5 aliphatic rings. The number of nitrogens with one attached hydrogen (secondary N) is 3. The Balaban J connectivity index is 0.958. The molecule has 61 heavy (non-hydrogen) atoms. The number of ether oxygens (including phenoxy) is 1. The number of alkyl halides is 2. The second-order valence-electron chi connectivity index (χ2n) is 19.4. The Hall–Kier alpha value is -4.66. The Bertz CT molecular complexity index is 2230. The molecule has 18 heteroatoms. The van der Waals surface area contributed by atoms with Crippen molar-refractivity contribution in [2.75, 3.05) is 6.54 Å². The summed E-state index contributed by atoms with van der Waals surface area (Å²) in [4.78, 5) is 65.5. The smallest absolute Gasteiger partial charge is 0.408 e. The monoisotopic (exact) mass is 869 g/mol. The van der Waals surface area contributed by atoms with E-state index in [4.69, 9.17) is 10.00 Å². The van der Waals surface area contributed by atoms with Crippen LogP contribution in [-0.2, 0) is 35.6 Å². The first-order chi connectivity index (χ1) is 28.7. The number of sulfonamides is 1. The number of unbranched alkanes of at least 4 members (excludes halogenated alkanes) is 2. The number of aromatic hydroxyl groups is 1. The van der Waals surface area contributed by atoms with Crippen LogP contribution in [0.3, 0.4) is 0 Å². The van der Waals surface area contributed by atoms with Gasteiger partial charge in [0, 0.05) is 6.54 Å². The van der Waals surface area contributed by atoms with Crippen LogP contribution in [0, 0.1) is 46.3 Å². The zero-order valence-electron chi connectivity index (χ0n) is 35.4. The second kappa shape index (κ2) is 16.6. The summed E-state index contributed by atoms with van der Waals surface area (Å²) in [5.74, 6) is -3.76. The fraction of sp³-hybridized carbons (Fsp3) is 0.698. The first-order valence-electron chi connectivity index (χ1n) is 21.5. The van der Waals surface area contributed by atoms with E-state index in [9.17, 15) is 41.5 Å². The second-order valence-corrected chi connectivity index (χ2v) is 21.6. The normalized spacial score (nSPS) is 29.2. The van der Waals surface area contributed by atoms with Gasteiger partial charge in [-0.2, -0.15) is 5.26 Å². The maximum atomic E-state index is 14.4. The Morgan fingerprint density at radius 1 is 1.08 bits per heavy atom. The molecule has 1 saturated heterocycles. The van der Waals surface area contributed by atoms with Crippen LogP contribution >= 0.6 is 0 Å². The lowest BCUT2D eigenvalue weighted by atomic mass is 9.71. The van der Waals surface area contributed by atoms with Gasteiger partial charge in [0.15, 0.2) is 0 Å². The maximum absolute atomic E-state index is 14.4. The highest BCUT2D eigenvalue weighted by Crippen LogP contribution is 2.53. The molecule has 332 valence electrons. The SMILES string of the molecule is C[C@@H]1CCN(C(=O)[C@@H](NC(=O)O[C@@H]2C[C@@H]3CC[C@@H]3[C@H]2CCCCCc2nc3ccc(C#N)cc3nc2O)C(C)(C)C)[C@@H]1C(=O)NC1(C(=O)NS(=O)(=O)C2(C)CC2)C[C@H]1C(F)F. The summed E-state index contributed by atoms with van der Waals surface area (Å²) in [6.07, 6.45) is 3.18. The fourth-order valence-corrected chi connectivity index (χ4v) is 11.0. The third-order valence-electron chi connectivity index (χ3n) is 14.1. The van der Waals surface area contributed by atoms with Crippen molar-refractivity contribution in [2.45, 2.75) is 147 Å². The number of aryl methyl sites for hydroxylation is 1. The van der Waals surface area contributed by atoms with Crippen molar-refractivity contribution in [1.82, 2.24) is 30.2 Å². The number of alkyl carbamates (subject to hydrolysis) is 1. The number of aromatic nitrogens is 2. The number of likely N-dealkylation sites (tertiary alicyclic amines) is 1. The van der Waals surface area contributed by atoms with Gasteiger partial charge in [0.25, 0.3) is 5.91 Å². The van der Waals surface area contributed by atoms with Crippen molar-refractivity contribution in [3.05, 3.63) is 29.5 Å². The number of rotatable bonds is 15. The van der Waals surface area contributed by atoms with Gasteiger partial charge in [0.1, 0.15) is 29.4 Å². The molecule has 0 spiro atoms. The predicted octanol–water partition coefficient (Wildman–Crippen LogP) is 5.24. The largest absolute Gasteiger partial charge is 0.492 e. The molecule has 1 aromatic heterocycles. The summed E-state index contributed by atoms with van der Waals surface area (Å²) in [6, 6.07) is 4.73. The highest BCUT2D eigenvalue weighted by Gasteiger charge is 2.67. The van der Waals surface area contributed by atoms with Crippen molar-refractivity contribution < 1.29 is 46.2 Å². The molecule has 4 N–H and O–H groups in total. The van der Waals surface area contributed by atoms with Crippen LogP contribution < -0.4 is 15.4 Å². The van der Waals surface area contributed by atoms with Crippen LogP contribution in [0.15, 0.2) is 18.2 Å². The van der Waals surface area contributed by atoms with Gasteiger partial charge < -0.3 is 25.4 Å². The molecule has 0 bridgehead atoms. The number of benzene rings is 1. The van der Waals surface area contributed by atoms with Crippen LogP contribution in [0.5, 0.6) is 5.88 Å². The Kier molecular flexibility index (Phi) is 12.1. The van der Waals surface area contributed by atoms with Crippen molar-refractivity contribution in [2.24, 2.45) is 35.0 Å². The molecule has 4 saturated carbocycles. The molecule has 15 nitrogen and oxygen atoms in total. The van der Waals surface area contributed by atoms with E-state index in [1.165, 1.54) is 11.8 Å². The number of halogens is 2. The summed E-state index contributed by atoms with van der Waals surface area (Å²) in [5, 5.41) is 24.9. The van der Waals surface area contributed by atoms with E-state index in [1.54, 1.807) is 45.9 Å². The number of fused-ring (bicyclic) bond motifs is 2. The van der Waals surface area contributed by atoms with E-state index >= 15 is 0 Å². The molecular formula is C43H57F2N7O8S. The zero-order chi connectivity index (χ0) is 44.2. The summed E-state index contributed by atoms with van der Waals surface area (Å²) < 4.78 is 60.7. The Morgan fingerprint density at radius 3 is 2.44 bits per heavy atom. The van der Waals surface area contributed by atoms with Crippen molar-refractivity contribution >= 4 is 44.9 Å². The van der Waals surface area contributed by atoms with Crippen LogP contribution in [0.25, 0.3) is 11.0 Å². The van der Waals surface area contributed by atoms with Gasteiger partial charge in [-0.3, -0.25) is 19.1 Å². The quantitative estimate of drug-likeness (QED) is 0.170. The topological polar surface area (TPSA) is 221 Å². The first kappa shape index (κ1) is 44.4. The third kappa shape index (κ3) is 8.86. The molecule has 1 aliphatic heterocycles. The maximum Gasteiger partial charge on any atom is 0.408 e. The molecule has 4 amide bonds. The number of hydrogen-bond donors (Lipinski definition) is 4. The number of amides is 4. The fourth-order valence-electron chi connectivity index (χ4n) is 9.73. The highest BCUT2D eigenvalue weighted by molar-refractivity contribution is 7.91. The van der Waals surface area contributed by atoms with Gasteiger partial charge in [0.2, 0.25) is 34.1 Å². The summed E-state index contributed by atoms with van der Waals surface area (Å²) in [5.41, 5.74) is -0.989. The van der Waals surface area contributed by atoms with Gasteiger partial charge >= 0.3 is 6.09 Å². The first-order valence-corrected chi connectivity index (χ1v) is 23.0. The molecule has 2 aromatic rings. The standard InChI is InChI=1S/C43H57F2N7O8S/c1-23-15-18-52(33(23)37(54)50-43(21-28(43)35(44)45)39(56)51-61(58,59)42(5)16-17-42)38(55)34(41(2,3)4)49-40(57)60-32-20-25-12-13-26(25)27(32)9-7-6-8-10-30-36(53)48-31-19-24(22-46)11-14-29(31)47-30/h11,14,19,23,25-28,32-35H,6-10,12-13,15-18,20-21H2,1-5H3,(H,48,53)(H,49,57)(H,50,54)(H,51,56)/t23-,25+,26+,27-,28+,32-,33+,34-,43?/m1/s1. The van der Waals surface area contributed by atoms with Crippen molar-refractivity contribution in [3.8, 4) is 11.9 Å². The molecule has 2 heterocycles. The Labute approximate surface area is 355 Å². The number of carbonyl (C=O) groups excluding carboxylic acids is 4. The van der Waals surface area contributed by atoms with Crippen molar-refractivity contribution in [3.63, 3.8) is 0 Å². The number of nitrogens with zero attached hydrogens (tertiary/aromatic N) is 4. The van der Waals surface area contributed by atoms with Gasteiger partial charge in [-0.1, -0.05) is 40.5 Å². The minimum atomic E-state index is -4.18. The lowest BCUT2D eigenvalue weighted by Gasteiger charge is -2.36. The molecule has 0 radical (unpaired) electrons. The molecule has 4 aliphatic carbocycles. The van der Waals surface area contributed by atoms with Crippen LogP contribution in [0.2, 0.25) is 0 Å². The van der Waals surface area contributed by atoms with Crippen LogP contribution in [0.4, 0.5) is 13.6 Å². The molecule has 1 unspecified atom stereocenters. The Morgan fingerprint density at radius 2 is 1.82 bits per heavy atom. The van der Waals surface area contributed by atoms with E-state index in [-0.39, 0.29) is 24.4 Å². The van der Waals surface area contributed by atoms with Gasteiger partial charge in [-0.25, -0.2) is 32.0 Å². The average molecular weight is 870 g/mol. The highest BCUT2D eigenvalue weighted by atomic mass is 32.2. The van der Waals surface area contributed by atoms with Crippen LogP contribution in [0.1, 0.15) is 117 Å². The molecular weight excluding hydrogens is 813 g/mol. The predicted molar refractivity (Wildman–Crippen MR) is 218 cm³/mol. The van der Waals surface area contributed by atoms with E-state index in [0.29, 0.717) is 59.8 Å². The zero-order valence-corrected chi connectivity index (χ0v) is 36.2. The summed E-state index contributed by atoms with van der Waals surface area (Å²) in [7, 11) is -4.18. The van der Waals surface area contributed by atoms with Crippen molar-refractivity contribution in [1.29, 1.82) is 5.26 Å². The van der Waals surface area contributed by atoms with E-state index in [0.717, 1.165) is 44.9 Å². The number of carbonyl (C=O) groups is 4. The third-order valence-corrected chi connectivity index (χ3v) is 16.3. The lowest BCUT2D eigenvalue weighted by Crippen LogP contribution is -2.61. The minimum absolute atomic E-state index is 0.135. The minimum Gasteiger partial charge on any atom is -0.492 e. The van der Waals surface area contributed by atoms with E-state index in [2.05, 4.69) is 26.7 Å². The van der Waals surface area contributed by atoms with Crippen LogP contribution in [-0.4, -0.2) is 93.7 Å². The number of nitriles is 1. The summed E-state index contributed by atoms with van der Waals surface area (Å²) >= 11 is 0. The number of hydrogen-bond acceptors (Lipinski definition) is 11. The summed E-state index contributed by atoms with van der Waals surface area (Å²) in [6.45, 7) is 8.64. The molecule has 7 rings (SSSR count). The van der Waals surface area contributed by atoms with E-state index in [1.807, 2.05) is 4.72 Å². The van der Waals surface area contributed by atoms with Gasteiger partial charge in [-0.15, -0.1) is 0 Å². The van der Waals surface area contributed by atoms with E-state index < -0.39 is 86.3 Å². The lowest BCUT2D eigenvalue weighted by molar-refractivity contribution is -0.143. The van der Waals surface area contributed by atoms with Gasteiger partial charge in [0.05, 0.1) is 33.3 Å².